The van der Waals surface area contributed by atoms with Gasteiger partial charge in [0.15, 0.2) is 0 Å². The molecule has 1 heterocycles. The van der Waals surface area contributed by atoms with Gasteiger partial charge < -0.3 is 10.1 Å². The number of carbonyl (C=O) groups excluding carboxylic acids is 1. The normalized spacial score (nSPS) is 10.6. The molecule has 4 nitrogen and oxygen atoms in total. The van der Waals surface area contributed by atoms with Gasteiger partial charge in [0.1, 0.15) is 12.4 Å². The van der Waals surface area contributed by atoms with Gasteiger partial charge in [-0.25, -0.2) is 4.98 Å². The minimum Gasteiger partial charge on any atom is -0.487 e. The van der Waals surface area contributed by atoms with Crippen LogP contribution in [0.5, 0.6) is 5.75 Å². The Balaban J connectivity index is 1.41. The highest BCUT2D eigenvalue weighted by Crippen LogP contribution is 2.18. The molecule has 0 aliphatic carbocycles. The van der Waals surface area contributed by atoms with Crippen LogP contribution in [0, 0.1) is 13.8 Å². The molecule has 1 N–H and O–H groups in total. The maximum atomic E-state index is 12.2. The number of thioether (sulfide) groups is 1. The molecule has 0 saturated heterocycles. The van der Waals surface area contributed by atoms with E-state index >= 15 is 0 Å². The summed E-state index contributed by atoms with van der Waals surface area (Å²) >= 11 is 3.34. The van der Waals surface area contributed by atoms with Crippen molar-refractivity contribution >= 4 is 29.0 Å². The van der Waals surface area contributed by atoms with Gasteiger partial charge in [-0.15, -0.1) is 23.1 Å². The van der Waals surface area contributed by atoms with Crippen molar-refractivity contribution in [3.05, 3.63) is 75.7 Å². The van der Waals surface area contributed by atoms with Gasteiger partial charge in [-0.1, -0.05) is 17.7 Å². The van der Waals surface area contributed by atoms with Crippen molar-refractivity contribution < 1.29 is 9.53 Å². The fourth-order valence-electron chi connectivity index (χ4n) is 2.40. The van der Waals surface area contributed by atoms with Crippen molar-refractivity contribution in [2.75, 3.05) is 12.3 Å². The first-order valence-corrected chi connectivity index (χ1v) is 10.6. The van der Waals surface area contributed by atoms with Crippen molar-refractivity contribution in [1.82, 2.24) is 10.3 Å². The number of aryl methyl sites for hydroxylation is 2. The molecule has 0 unspecified atom stereocenters. The molecule has 3 aromatic rings. The lowest BCUT2D eigenvalue weighted by Gasteiger charge is -2.07. The summed E-state index contributed by atoms with van der Waals surface area (Å²) in [5, 5.41) is 5.97. The molecule has 6 heteroatoms. The second-order valence-electron chi connectivity index (χ2n) is 6.09. The first kappa shape index (κ1) is 19.5. The zero-order valence-corrected chi connectivity index (χ0v) is 17.0. The fourth-order valence-corrected chi connectivity index (χ4v) is 3.77. The number of aromatic nitrogens is 1. The quantitative estimate of drug-likeness (QED) is 0.435. The Morgan fingerprint density at radius 1 is 1.11 bits per heavy atom. The van der Waals surface area contributed by atoms with Gasteiger partial charge in [0.25, 0.3) is 5.91 Å². The van der Waals surface area contributed by atoms with Crippen LogP contribution in [0.15, 0.2) is 58.8 Å². The summed E-state index contributed by atoms with van der Waals surface area (Å²) in [5.41, 5.74) is 2.80. The van der Waals surface area contributed by atoms with Gasteiger partial charge in [0.2, 0.25) is 0 Å². The Bertz CT molecular complexity index is 874. The second-order valence-corrected chi connectivity index (χ2v) is 8.32. The second kappa shape index (κ2) is 9.58. The van der Waals surface area contributed by atoms with Crippen LogP contribution in [-0.4, -0.2) is 23.2 Å². The SMILES string of the molecule is Cc1ccc(SCCNC(=O)c2ccc(OCc3csc(C)n3)cc2)cc1. The monoisotopic (exact) mass is 398 g/mol. The summed E-state index contributed by atoms with van der Waals surface area (Å²) in [6.07, 6.45) is 0. The molecule has 0 spiro atoms. The number of ether oxygens (including phenoxy) is 1. The number of thiazole rings is 1. The highest BCUT2D eigenvalue weighted by atomic mass is 32.2. The molecule has 0 radical (unpaired) electrons. The number of amides is 1. The van der Waals surface area contributed by atoms with Gasteiger partial charge in [-0.05, 0) is 50.2 Å². The van der Waals surface area contributed by atoms with Crippen LogP contribution < -0.4 is 10.1 Å². The molecule has 0 saturated carbocycles. The van der Waals surface area contributed by atoms with Crippen molar-refractivity contribution in [3.8, 4) is 5.75 Å². The molecular weight excluding hydrogens is 376 g/mol. The van der Waals surface area contributed by atoms with Gasteiger partial charge in [-0.3, -0.25) is 4.79 Å². The Kier molecular flexibility index (Phi) is 6.90. The maximum Gasteiger partial charge on any atom is 0.251 e. The number of hydrogen-bond acceptors (Lipinski definition) is 5. The number of benzene rings is 2. The van der Waals surface area contributed by atoms with E-state index in [1.807, 2.05) is 24.4 Å². The molecule has 1 aromatic heterocycles. The van der Waals surface area contributed by atoms with Crippen LogP contribution in [0.3, 0.4) is 0 Å². The largest absolute Gasteiger partial charge is 0.487 e. The number of carbonyl (C=O) groups is 1. The maximum absolute atomic E-state index is 12.2. The van der Waals surface area contributed by atoms with Crippen molar-refractivity contribution in [2.24, 2.45) is 0 Å². The first-order valence-electron chi connectivity index (χ1n) is 8.72. The Morgan fingerprint density at radius 3 is 2.52 bits per heavy atom. The summed E-state index contributed by atoms with van der Waals surface area (Å²) in [4.78, 5) is 17.8. The van der Waals surface area contributed by atoms with Crippen molar-refractivity contribution in [1.29, 1.82) is 0 Å². The molecule has 1 amide bonds. The molecule has 3 rings (SSSR count). The van der Waals surface area contributed by atoms with Gasteiger partial charge in [0, 0.05) is 28.1 Å². The number of nitrogens with one attached hydrogen (secondary N) is 1. The van der Waals surface area contributed by atoms with Crippen LogP contribution in [-0.2, 0) is 6.61 Å². The average molecular weight is 399 g/mol. The number of hydrogen-bond donors (Lipinski definition) is 1. The third kappa shape index (κ3) is 6.12. The number of nitrogens with zero attached hydrogens (tertiary/aromatic N) is 1. The van der Waals surface area contributed by atoms with Crippen LogP contribution in [0.25, 0.3) is 0 Å². The molecule has 0 aliphatic rings. The van der Waals surface area contributed by atoms with E-state index < -0.39 is 0 Å². The van der Waals surface area contributed by atoms with Gasteiger partial charge >= 0.3 is 0 Å². The Morgan fingerprint density at radius 2 is 1.85 bits per heavy atom. The highest BCUT2D eigenvalue weighted by molar-refractivity contribution is 7.99. The van der Waals surface area contributed by atoms with Crippen molar-refractivity contribution in [2.45, 2.75) is 25.3 Å². The van der Waals surface area contributed by atoms with E-state index in [-0.39, 0.29) is 5.91 Å². The molecule has 2 aromatic carbocycles. The van der Waals surface area contributed by atoms with E-state index in [0.29, 0.717) is 18.7 Å². The third-order valence-corrected chi connectivity index (χ3v) is 5.68. The topological polar surface area (TPSA) is 51.2 Å². The zero-order valence-electron chi connectivity index (χ0n) is 15.4. The fraction of sp³-hybridized carbons (Fsp3) is 0.238. The van der Waals surface area contributed by atoms with Crippen LogP contribution in [0.1, 0.15) is 26.6 Å². The molecule has 0 atom stereocenters. The molecule has 0 bridgehead atoms. The van der Waals surface area contributed by atoms with Crippen molar-refractivity contribution in [3.63, 3.8) is 0 Å². The van der Waals surface area contributed by atoms with E-state index in [1.165, 1.54) is 10.5 Å². The third-order valence-electron chi connectivity index (χ3n) is 3.85. The summed E-state index contributed by atoms with van der Waals surface area (Å²) in [6, 6.07) is 15.6. The summed E-state index contributed by atoms with van der Waals surface area (Å²) in [6.45, 7) is 5.11. The van der Waals surface area contributed by atoms with Gasteiger partial charge in [0.05, 0.1) is 10.7 Å². The molecule has 140 valence electrons. The Hall–Kier alpha value is -2.31. The summed E-state index contributed by atoms with van der Waals surface area (Å²) in [5.74, 6) is 1.50. The van der Waals surface area contributed by atoms with Gasteiger partial charge in [-0.2, -0.15) is 0 Å². The lowest BCUT2D eigenvalue weighted by Crippen LogP contribution is -2.25. The zero-order chi connectivity index (χ0) is 19.1. The van der Waals surface area contributed by atoms with E-state index in [0.717, 1.165) is 22.2 Å². The minimum absolute atomic E-state index is 0.0683. The van der Waals surface area contributed by atoms with E-state index in [2.05, 4.69) is 41.5 Å². The van der Waals surface area contributed by atoms with E-state index in [9.17, 15) is 4.79 Å². The molecule has 27 heavy (non-hydrogen) atoms. The molecule has 0 aliphatic heterocycles. The Labute approximate surface area is 168 Å². The van der Waals surface area contributed by atoms with Crippen LogP contribution in [0.4, 0.5) is 0 Å². The lowest BCUT2D eigenvalue weighted by atomic mass is 10.2. The first-order chi connectivity index (χ1) is 13.1. The van der Waals surface area contributed by atoms with Crippen LogP contribution in [0.2, 0.25) is 0 Å². The summed E-state index contributed by atoms with van der Waals surface area (Å²) in [7, 11) is 0. The smallest absolute Gasteiger partial charge is 0.251 e. The molecular formula is C21H22N2O2S2. The summed E-state index contributed by atoms with van der Waals surface area (Å²) < 4.78 is 5.71. The average Bonchev–Trinajstić information content (AvgIpc) is 3.10. The van der Waals surface area contributed by atoms with E-state index in [4.69, 9.17) is 4.74 Å². The lowest BCUT2D eigenvalue weighted by molar-refractivity contribution is 0.0956. The predicted octanol–water partition coefficient (Wildman–Crippen LogP) is 4.86. The van der Waals surface area contributed by atoms with E-state index in [1.54, 1.807) is 35.2 Å². The standard InChI is InChI=1S/C21H22N2O2S2/c1-15-3-9-20(10-4-15)26-12-11-22-21(24)17-5-7-19(8-6-17)25-13-18-14-27-16(2)23-18/h3-10,14H,11-13H2,1-2H3,(H,22,24). The highest BCUT2D eigenvalue weighted by Gasteiger charge is 2.06. The minimum atomic E-state index is -0.0683. The molecule has 0 fully saturated rings. The number of rotatable bonds is 8. The predicted molar refractivity (Wildman–Crippen MR) is 112 cm³/mol. The van der Waals surface area contributed by atoms with Crippen LogP contribution >= 0.6 is 23.1 Å².